The minimum Gasteiger partial charge on any atom is -0.493 e. The lowest BCUT2D eigenvalue weighted by Crippen LogP contribution is -2.11. The van der Waals surface area contributed by atoms with Gasteiger partial charge >= 0.3 is 5.69 Å². The Bertz CT molecular complexity index is 1040. The molecule has 0 atom stereocenters. The van der Waals surface area contributed by atoms with E-state index in [1.54, 1.807) is 26.5 Å². The van der Waals surface area contributed by atoms with E-state index in [1.807, 2.05) is 31.2 Å². The number of nitrogens with one attached hydrogen (secondary N) is 2. The van der Waals surface area contributed by atoms with Crippen molar-refractivity contribution in [2.45, 2.75) is 13.3 Å². The lowest BCUT2D eigenvalue weighted by atomic mass is 10.1. The molecule has 0 radical (unpaired) electrons. The molecule has 3 aromatic rings. The van der Waals surface area contributed by atoms with Crippen molar-refractivity contribution in [3.8, 4) is 11.5 Å². The Morgan fingerprint density at radius 3 is 2.50 bits per heavy atom. The number of aryl methyl sites for hydroxylation is 1. The fourth-order valence-electron chi connectivity index (χ4n) is 2.86. The summed E-state index contributed by atoms with van der Waals surface area (Å²) in [5.74, 6) is 1.93. The molecule has 0 fully saturated rings. The first kappa shape index (κ1) is 20.8. The second kappa shape index (κ2) is 9.50. The first-order chi connectivity index (χ1) is 14.5. The molecule has 10 nitrogen and oxygen atoms in total. The molecular formula is C20H22N6O4. The third-order valence-corrected chi connectivity index (χ3v) is 4.32. The maximum atomic E-state index is 11.7. The van der Waals surface area contributed by atoms with Gasteiger partial charge in [0.05, 0.1) is 19.1 Å². The highest BCUT2D eigenvalue weighted by Gasteiger charge is 2.23. The first-order valence-corrected chi connectivity index (χ1v) is 9.15. The van der Waals surface area contributed by atoms with Crippen LogP contribution in [0.1, 0.15) is 11.1 Å². The molecule has 0 aliphatic rings. The lowest BCUT2D eigenvalue weighted by Gasteiger charge is -2.11. The third kappa shape index (κ3) is 4.90. The molecule has 0 bridgehead atoms. The van der Waals surface area contributed by atoms with Crippen molar-refractivity contribution in [3.63, 3.8) is 0 Å². The predicted octanol–water partition coefficient (Wildman–Crippen LogP) is 3.50. The molecular weight excluding hydrogens is 388 g/mol. The smallest absolute Gasteiger partial charge is 0.353 e. The summed E-state index contributed by atoms with van der Waals surface area (Å²) in [5, 5.41) is 17.6. The number of methoxy groups -OCH3 is 2. The van der Waals surface area contributed by atoms with Gasteiger partial charge in [0.15, 0.2) is 11.5 Å². The van der Waals surface area contributed by atoms with Gasteiger partial charge in [-0.2, -0.15) is 0 Å². The molecule has 1 aromatic carbocycles. The fourth-order valence-corrected chi connectivity index (χ4v) is 2.86. The molecule has 10 heteroatoms. The van der Waals surface area contributed by atoms with Crippen LogP contribution in [0.15, 0.2) is 42.9 Å². The van der Waals surface area contributed by atoms with Crippen LogP contribution in [0.2, 0.25) is 0 Å². The van der Waals surface area contributed by atoms with Crippen LogP contribution in [0.25, 0.3) is 0 Å². The number of nitro groups is 1. The van der Waals surface area contributed by atoms with Crippen molar-refractivity contribution < 1.29 is 14.4 Å². The number of hydrogen-bond donors (Lipinski definition) is 2. The molecule has 2 heterocycles. The largest absolute Gasteiger partial charge is 0.493 e. The Kier molecular flexibility index (Phi) is 6.58. The zero-order chi connectivity index (χ0) is 21.5. The number of rotatable bonds is 9. The molecule has 0 saturated heterocycles. The zero-order valence-corrected chi connectivity index (χ0v) is 16.9. The summed E-state index contributed by atoms with van der Waals surface area (Å²) >= 11 is 0. The predicted molar refractivity (Wildman–Crippen MR) is 113 cm³/mol. The summed E-state index contributed by atoms with van der Waals surface area (Å²) in [6, 6.07) is 9.20. The van der Waals surface area contributed by atoms with E-state index in [1.165, 1.54) is 6.33 Å². The maximum Gasteiger partial charge on any atom is 0.353 e. The van der Waals surface area contributed by atoms with Crippen LogP contribution in [0.5, 0.6) is 11.5 Å². The molecule has 0 aliphatic heterocycles. The molecule has 0 unspecified atom stereocenters. The second-order valence-corrected chi connectivity index (χ2v) is 6.39. The van der Waals surface area contributed by atoms with Gasteiger partial charge in [-0.3, -0.25) is 10.1 Å². The van der Waals surface area contributed by atoms with Gasteiger partial charge in [0.2, 0.25) is 11.6 Å². The van der Waals surface area contributed by atoms with Crippen LogP contribution in [0, 0.1) is 17.0 Å². The minimum absolute atomic E-state index is 0.0710. The summed E-state index contributed by atoms with van der Waals surface area (Å²) in [6.45, 7) is 2.33. The first-order valence-electron chi connectivity index (χ1n) is 9.15. The van der Waals surface area contributed by atoms with Crippen LogP contribution in [-0.4, -0.2) is 40.6 Å². The molecule has 2 N–H and O–H groups in total. The summed E-state index contributed by atoms with van der Waals surface area (Å²) in [6.07, 6.45) is 3.49. The van der Waals surface area contributed by atoms with Gasteiger partial charge in [0.25, 0.3) is 0 Å². The standard InChI is InChI=1S/C20H22N6O4/c1-13-6-8-21-17(10-13)25-20-18(26(27)28)19(23-12-24-20)22-9-7-14-4-5-15(29-2)16(11-14)30-3/h4-6,8,10-12H,7,9H2,1-3H3,(H2,21,22,23,24,25). The average molecular weight is 410 g/mol. The highest BCUT2D eigenvalue weighted by atomic mass is 16.6. The number of aromatic nitrogens is 3. The number of hydrogen-bond acceptors (Lipinski definition) is 9. The van der Waals surface area contributed by atoms with Crippen molar-refractivity contribution in [3.05, 3.63) is 64.1 Å². The van der Waals surface area contributed by atoms with Crippen molar-refractivity contribution in [1.82, 2.24) is 15.0 Å². The summed E-state index contributed by atoms with van der Waals surface area (Å²) < 4.78 is 10.5. The van der Waals surface area contributed by atoms with Crippen LogP contribution >= 0.6 is 0 Å². The number of benzene rings is 1. The van der Waals surface area contributed by atoms with E-state index in [4.69, 9.17) is 9.47 Å². The van der Waals surface area contributed by atoms with E-state index < -0.39 is 4.92 Å². The molecule has 30 heavy (non-hydrogen) atoms. The van der Waals surface area contributed by atoms with Gasteiger partial charge in [-0.1, -0.05) is 6.07 Å². The Hall–Kier alpha value is -3.95. The molecule has 0 saturated carbocycles. The van der Waals surface area contributed by atoms with E-state index in [2.05, 4.69) is 25.6 Å². The van der Waals surface area contributed by atoms with Crippen molar-refractivity contribution in [1.29, 1.82) is 0 Å². The molecule has 156 valence electrons. The molecule has 0 spiro atoms. The summed E-state index contributed by atoms with van der Waals surface area (Å²) in [4.78, 5) is 23.4. The summed E-state index contributed by atoms with van der Waals surface area (Å²) in [7, 11) is 3.15. The monoisotopic (exact) mass is 410 g/mol. The van der Waals surface area contributed by atoms with E-state index in [9.17, 15) is 10.1 Å². The van der Waals surface area contributed by atoms with Crippen molar-refractivity contribution >= 4 is 23.1 Å². The van der Waals surface area contributed by atoms with Gasteiger partial charge in [0, 0.05) is 12.7 Å². The maximum absolute atomic E-state index is 11.7. The van der Waals surface area contributed by atoms with Gasteiger partial charge in [0.1, 0.15) is 12.1 Å². The molecule has 2 aromatic heterocycles. The minimum atomic E-state index is -0.517. The van der Waals surface area contributed by atoms with Gasteiger partial charge in [-0.05, 0) is 48.7 Å². The Balaban J connectivity index is 1.75. The van der Waals surface area contributed by atoms with E-state index in [-0.39, 0.29) is 17.3 Å². The lowest BCUT2D eigenvalue weighted by molar-refractivity contribution is -0.383. The molecule has 0 amide bonds. The van der Waals surface area contributed by atoms with Crippen molar-refractivity contribution in [2.24, 2.45) is 0 Å². The second-order valence-electron chi connectivity index (χ2n) is 6.39. The van der Waals surface area contributed by atoms with E-state index in [0.29, 0.717) is 30.3 Å². The quantitative estimate of drug-likeness (QED) is 0.403. The van der Waals surface area contributed by atoms with Crippen LogP contribution in [0.4, 0.5) is 23.1 Å². The molecule has 0 aliphatic carbocycles. The average Bonchev–Trinajstić information content (AvgIpc) is 2.73. The van der Waals surface area contributed by atoms with E-state index in [0.717, 1.165) is 11.1 Å². The van der Waals surface area contributed by atoms with Crippen LogP contribution in [-0.2, 0) is 6.42 Å². The third-order valence-electron chi connectivity index (χ3n) is 4.32. The topological polar surface area (TPSA) is 124 Å². The zero-order valence-electron chi connectivity index (χ0n) is 16.9. The van der Waals surface area contributed by atoms with Gasteiger partial charge in [-0.15, -0.1) is 0 Å². The van der Waals surface area contributed by atoms with E-state index >= 15 is 0 Å². The van der Waals surface area contributed by atoms with Gasteiger partial charge in [-0.25, -0.2) is 15.0 Å². The Morgan fingerprint density at radius 1 is 1.03 bits per heavy atom. The Labute approximate surface area is 173 Å². The van der Waals surface area contributed by atoms with Gasteiger partial charge < -0.3 is 20.1 Å². The molecule has 3 rings (SSSR count). The van der Waals surface area contributed by atoms with Crippen LogP contribution < -0.4 is 20.1 Å². The summed E-state index contributed by atoms with van der Waals surface area (Å²) in [5.41, 5.74) is 1.71. The van der Waals surface area contributed by atoms with Crippen molar-refractivity contribution in [2.75, 3.05) is 31.4 Å². The fraction of sp³-hybridized carbons (Fsp3) is 0.250. The number of pyridine rings is 1. The highest BCUT2D eigenvalue weighted by molar-refractivity contribution is 5.72. The number of nitrogens with zero attached hydrogens (tertiary/aromatic N) is 4. The normalized spacial score (nSPS) is 10.4. The highest BCUT2D eigenvalue weighted by Crippen LogP contribution is 2.31. The Morgan fingerprint density at radius 2 is 1.80 bits per heavy atom. The number of anilines is 3. The SMILES string of the molecule is COc1ccc(CCNc2ncnc(Nc3cc(C)ccn3)c2[N+](=O)[O-])cc1OC. The number of ether oxygens (including phenoxy) is 2. The van der Waals surface area contributed by atoms with Crippen LogP contribution in [0.3, 0.4) is 0 Å².